The first-order valence-electron chi connectivity index (χ1n) is 13.1. The van der Waals surface area contributed by atoms with E-state index in [1.54, 1.807) is 32.0 Å². The lowest BCUT2D eigenvalue weighted by molar-refractivity contribution is -0.197. The predicted octanol–water partition coefficient (Wildman–Crippen LogP) is 1.82. The van der Waals surface area contributed by atoms with Crippen LogP contribution in [-0.4, -0.2) is 75.0 Å². The molecule has 0 aromatic heterocycles. The van der Waals surface area contributed by atoms with Crippen molar-refractivity contribution in [1.82, 2.24) is 0 Å². The second kappa shape index (κ2) is 10.1. The Hall–Kier alpha value is -3.57. The molecule has 0 spiro atoms. The van der Waals surface area contributed by atoms with Crippen molar-refractivity contribution < 1.29 is 53.1 Å². The highest BCUT2D eigenvalue weighted by atomic mass is 16.6. The van der Waals surface area contributed by atoms with Crippen LogP contribution in [0.4, 0.5) is 0 Å². The van der Waals surface area contributed by atoms with E-state index in [4.69, 9.17) is 18.9 Å². The number of hydrogen-bond donors (Lipinski definition) is 2. The van der Waals surface area contributed by atoms with Gasteiger partial charge in [-0.3, -0.25) is 14.4 Å². The summed E-state index contributed by atoms with van der Waals surface area (Å²) in [5, 5.41) is 23.5. The van der Waals surface area contributed by atoms with Crippen LogP contribution in [0.1, 0.15) is 64.7 Å². The molecule has 1 saturated heterocycles. The minimum atomic E-state index is -2.61. The first-order chi connectivity index (χ1) is 18.5. The molecule has 11 nitrogen and oxygen atoms in total. The number of benzene rings is 1. The molecule has 0 radical (unpaired) electrons. The molecule has 7 atom stereocenters. The third-order valence-electron chi connectivity index (χ3n) is 7.99. The van der Waals surface area contributed by atoms with Gasteiger partial charge >= 0.3 is 23.9 Å². The minimum Gasteiger partial charge on any atom is -0.459 e. The zero-order valence-electron chi connectivity index (χ0n) is 23.3. The summed E-state index contributed by atoms with van der Waals surface area (Å²) in [6.07, 6.45) is -5.32. The zero-order chi connectivity index (χ0) is 29.8. The molecule has 0 bridgehead atoms. The molecule has 216 valence electrons. The topological polar surface area (TPSA) is 163 Å². The summed E-state index contributed by atoms with van der Waals surface area (Å²) in [6, 6.07) is 7.84. The van der Waals surface area contributed by atoms with Crippen LogP contribution < -0.4 is 0 Å². The molecule has 1 aromatic rings. The number of ketones is 1. The van der Waals surface area contributed by atoms with Crippen LogP contribution in [0.5, 0.6) is 0 Å². The number of hydrogen-bond acceptors (Lipinski definition) is 11. The van der Waals surface area contributed by atoms with Gasteiger partial charge in [0, 0.05) is 19.8 Å². The van der Waals surface area contributed by atoms with Gasteiger partial charge in [-0.25, -0.2) is 9.59 Å². The predicted molar refractivity (Wildman–Crippen MR) is 136 cm³/mol. The number of esters is 4. The average Bonchev–Trinajstić information content (AvgIpc) is 3.17. The van der Waals surface area contributed by atoms with Gasteiger partial charge in [0.25, 0.3) is 0 Å². The highest BCUT2D eigenvalue weighted by Gasteiger charge is 2.75. The number of Topliss-reactive ketones (excluding diaryl/α,β-unsaturated/α-hetero) is 1. The Kier molecular flexibility index (Phi) is 7.44. The van der Waals surface area contributed by atoms with E-state index in [0.29, 0.717) is 0 Å². The van der Waals surface area contributed by atoms with E-state index in [-0.39, 0.29) is 29.0 Å². The maximum Gasteiger partial charge on any atom is 0.341 e. The second-order valence-electron chi connectivity index (χ2n) is 11.5. The molecule has 4 rings (SSSR count). The fraction of sp³-hybridized carbons (Fsp3) is 0.552. The minimum absolute atomic E-state index is 0.00351. The molecule has 1 heterocycles. The van der Waals surface area contributed by atoms with Gasteiger partial charge in [-0.15, -0.1) is 0 Å². The summed E-state index contributed by atoms with van der Waals surface area (Å²) in [5.74, 6) is -5.45. The summed E-state index contributed by atoms with van der Waals surface area (Å²) in [7, 11) is 0. The van der Waals surface area contributed by atoms with Gasteiger partial charge in [-0.05, 0) is 50.0 Å². The van der Waals surface area contributed by atoms with E-state index in [2.05, 4.69) is 0 Å². The number of aliphatic hydroxyl groups is 2. The van der Waals surface area contributed by atoms with Crippen LogP contribution in [-0.2, 0) is 38.1 Å². The molecular weight excluding hydrogens is 524 g/mol. The van der Waals surface area contributed by atoms with Crippen LogP contribution in [0.25, 0.3) is 0 Å². The summed E-state index contributed by atoms with van der Waals surface area (Å²) >= 11 is 0. The number of fused-ring (bicyclic) bond motifs is 3. The van der Waals surface area contributed by atoms with E-state index in [1.807, 2.05) is 0 Å². The Balaban J connectivity index is 1.90. The third-order valence-corrected chi connectivity index (χ3v) is 7.99. The van der Waals surface area contributed by atoms with E-state index in [0.717, 1.165) is 13.8 Å². The van der Waals surface area contributed by atoms with Crippen molar-refractivity contribution in [1.29, 1.82) is 0 Å². The van der Waals surface area contributed by atoms with E-state index >= 15 is 0 Å². The zero-order valence-corrected chi connectivity index (χ0v) is 23.3. The van der Waals surface area contributed by atoms with Gasteiger partial charge < -0.3 is 29.2 Å². The van der Waals surface area contributed by atoms with Crippen molar-refractivity contribution in [2.24, 2.45) is 11.8 Å². The number of rotatable bonds is 6. The molecule has 0 amide bonds. The van der Waals surface area contributed by atoms with Crippen molar-refractivity contribution in [3.05, 3.63) is 47.0 Å². The lowest BCUT2D eigenvalue weighted by Gasteiger charge is -2.41. The third kappa shape index (κ3) is 4.60. The lowest BCUT2D eigenvalue weighted by Crippen LogP contribution is -2.64. The molecule has 40 heavy (non-hydrogen) atoms. The SMILES string of the molecule is CC(=O)O[C@@]1(C)C[C@H](OC(=O)c2ccccc2)[C@@]2(O)[C@@H](OC(=O)[C@@]2(C)O)C2=C(C)C(=O)[C@@H](OC(=O)CC(C)C)[C@@H]21. The summed E-state index contributed by atoms with van der Waals surface area (Å²) in [4.78, 5) is 64.7. The van der Waals surface area contributed by atoms with Crippen molar-refractivity contribution in [2.45, 2.75) is 89.5 Å². The molecule has 2 fully saturated rings. The van der Waals surface area contributed by atoms with Crippen molar-refractivity contribution in [2.75, 3.05) is 0 Å². The van der Waals surface area contributed by atoms with Gasteiger partial charge in [0.15, 0.2) is 29.2 Å². The highest BCUT2D eigenvalue weighted by Crippen LogP contribution is 2.56. The number of carbonyl (C=O) groups excluding carboxylic acids is 5. The lowest BCUT2D eigenvalue weighted by atomic mass is 9.75. The fourth-order valence-electron chi connectivity index (χ4n) is 6.06. The Morgan fingerprint density at radius 1 is 1.07 bits per heavy atom. The van der Waals surface area contributed by atoms with Crippen LogP contribution in [0.15, 0.2) is 41.5 Å². The molecule has 1 aliphatic heterocycles. The Bertz CT molecular complexity index is 1280. The largest absolute Gasteiger partial charge is 0.459 e. The maximum atomic E-state index is 13.5. The van der Waals surface area contributed by atoms with Gasteiger partial charge in [-0.1, -0.05) is 32.0 Å². The van der Waals surface area contributed by atoms with Crippen LogP contribution >= 0.6 is 0 Å². The molecule has 1 saturated carbocycles. The van der Waals surface area contributed by atoms with Crippen LogP contribution in [0.3, 0.4) is 0 Å². The molecule has 1 aromatic carbocycles. The Morgan fingerprint density at radius 3 is 2.27 bits per heavy atom. The maximum absolute atomic E-state index is 13.5. The summed E-state index contributed by atoms with van der Waals surface area (Å²) in [5.41, 5.74) is -6.79. The molecule has 0 unspecified atom stereocenters. The first-order valence-corrected chi connectivity index (χ1v) is 13.1. The van der Waals surface area contributed by atoms with Gasteiger partial charge in [-0.2, -0.15) is 0 Å². The normalized spacial score (nSPS) is 35.0. The Labute approximate surface area is 231 Å². The monoisotopic (exact) mass is 558 g/mol. The quantitative estimate of drug-likeness (QED) is 0.387. The molecule has 11 heteroatoms. The van der Waals surface area contributed by atoms with Crippen molar-refractivity contribution >= 4 is 29.7 Å². The summed E-state index contributed by atoms with van der Waals surface area (Å²) < 4.78 is 22.6. The van der Waals surface area contributed by atoms with Crippen LogP contribution in [0.2, 0.25) is 0 Å². The van der Waals surface area contributed by atoms with Crippen molar-refractivity contribution in [3.63, 3.8) is 0 Å². The van der Waals surface area contributed by atoms with Crippen molar-refractivity contribution in [3.8, 4) is 0 Å². The fourth-order valence-corrected chi connectivity index (χ4v) is 6.06. The highest BCUT2D eigenvalue weighted by molar-refractivity contribution is 6.04. The first kappa shape index (κ1) is 29.4. The van der Waals surface area contributed by atoms with Crippen LogP contribution in [0, 0.1) is 11.8 Å². The molecular formula is C29H34O11. The number of carbonyl (C=O) groups is 5. The van der Waals surface area contributed by atoms with Gasteiger partial charge in [0.2, 0.25) is 0 Å². The second-order valence-corrected chi connectivity index (χ2v) is 11.5. The molecule has 2 aliphatic carbocycles. The smallest absolute Gasteiger partial charge is 0.341 e. The average molecular weight is 559 g/mol. The summed E-state index contributed by atoms with van der Waals surface area (Å²) in [6.45, 7) is 8.63. The standard InChI is InChI=1S/C29H34O11/c1-14(2)12-19(31)38-23-21-20(15(3)22(23)32)24-29(36,28(6,35)26(34)39-24)18(13-27(21,5)40-16(4)30)37-25(33)17-10-8-7-9-11-17/h7-11,14,18,21,23-24,35-36H,12-13H2,1-6H3/t18-,21+,23-,24-,27-,28+,29+/m0/s1. The van der Waals surface area contributed by atoms with Gasteiger partial charge in [0.1, 0.15) is 11.7 Å². The van der Waals surface area contributed by atoms with E-state index < -0.39 is 77.1 Å². The van der Waals surface area contributed by atoms with E-state index in [1.165, 1.54) is 26.0 Å². The molecule has 3 aliphatic rings. The number of ether oxygens (including phenoxy) is 4. The van der Waals surface area contributed by atoms with E-state index in [9.17, 15) is 34.2 Å². The molecule has 2 N–H and O–H groups in total. The van der Waals surface area contributed by atoms with Gasteiger partial charge in [0.05, 0.1) is 11.5 Å². The Morgan fingerprint density at radius 2 is 1.70 bits per heavy atom.